The second-order valence-electron chi connectivity index (χ2n) is 5.72. The van der Waals surface area contributed by atoms with Gasteiger partial charge in [-0.05, 0) is 55.4 Å². The van der Waals surface area contributed by atoms with Crippen LogP contribution in [0.5, 0.6) is 0 Å². The van der Waals surface area contributed by atoms with E-state index in [2.05, 4.69) is 55.4 Å². The predicted molar refractivity (Wildman–Crippen MR) is 80.4 cm³/mol. The highest BCUT2D eigenvalue weighted by Gasteiger charge is 2.19. The molecule has 2 aromatic rings. The molecule has 1 aromatic carbocycles. The first-order valence-electron chi connectivity index (χ1n) is 7.28. The molecule has 1 aliphatic rings. The fourth-order valence-corrected chi connectivity index (χ4v) is 3.22. The molecule has 0 amide bonds. The Kier molecular flexibility index (Phi) is 3.37. The number of rotatable bonds is 2. The summed E-state index contributed by atoms with van der Waals surface area (Å²) in [5, 5.41) is 0. The number of nitrogens with zero attached hydrogens (tertiary/aromatic N) is 1. The average Bonchev–Trinajstić information content (AvgIpc) is 2.94. The van der Waals surface area contributed by atoms with E-state index in [0.717, 1.165) is 11.6 Å². The third kappa shape index (κ3) is 2.42. The first kappa shape index (κ1) is 12.4. The zero-order valence-electron chi connectivity index (χ0n) is 11.8. The monoisotopic (exact) mass is 251 g/mol. The largest absolute Gasteiger partial charge is 0.256 e. The molecule has 1 fully saturated rings. The van der Waals surface area contributed by atoms with Gasteiger partial charge in [-0.1, -0.05) is 37.1 Å². The molecule has 0 saturated heterocycles. The Balaban J connectivity index is 2.04. The van der Waals surface area contributed by atoms with Gasteiger partial charge in [0.1, 0.15) is 0 Å². The molecule has 0 spiro atoms. The lowest BCUT2D eigenvalue weighted by Gasteiger charge is -2.15. The van der Waals surface area contributed by atoms with Gasteiger partial charge in [0.15, 0.2) is 0 Å². The molecule has 19 heavy (non-hydrogen) atoms. The van der Waals surface area contributed by atoms with E-state index in [1.54, 1.807) is 0 Å². The van der Waals surface area contributed by atoms with Gasteiger partial charge in [0.25, 0.3) is 0 Å². The standard InChI is InChI=1S/C18H21N/c1-13-7-3-6-10-16(13)18-11-17(14(2)12-19-18)15-8-4-5-9-15/h3,6-7,10-12,15H,4-5,8-9H2,1-2H3. The maximum absolute atomic E-state index is 4.64. The Labute approximate surface area is 115 Å². The van der Waals surface area contributed by atoms with Crippen molar-refractivity contribution in [3.63, 3.8) is 0 Å². The van der Waals surface area contributed by atoms with E-state index < -0.39 is 0 Å². The smallest absolute Gasteiger partial charge is 0.0707 e. The summed E-state index contributed by atoms with van der Waals surface area (Å²) in [5.41, 5.74) is 6.57. The Morgan fingerprint density at radius 3 is 2.47 bits per heavy atom. The fourth-order valence-electron chi connectivity index (χ4n) is 3.22. The predicted octanol–water partition coefficient (Wildman–Crippen LogP) is 5.02. The molecule has 0 radical (unpaired) electrons. The highest BCUT2D eigenvalue weighted by molar-refractivity contribution is 5.64. The molecule has 98 valence electrons. The maximum atomic E-state index is 4.64. The number of pyridine rings is 1. The SMILES string of the molecule is Cc1ccccc1-c1cc(C2CCCC2)c(C)cn1. The van der Waals surface area contributed by atoms with Crippen LogP contribution in [0.1, 0.15) is 48.3 Å². The first-order chi connectivity index (χ1) is 9.25. The zero-order valence-corrected chi connectivity index (χ0v) is 11.8. The van der Waals surface area contributed by atoms with Gasteiger partial charge >= 0.3 is 0 Å². The number of hydrogen-bond donors (Lipinski definition) is 0. The van der Waals surface area contributed by atoms with Crippen molar-refractivity contribution >= 4 is 0 Å². The minimum absolute atomic E-state index is 0.755. The summed E-state index contributed by atoms with van der Waals surface area (Å²) < 4.78 is 0. The summed E-state index contributed by atoms with van der Waals surface area (Å²) in [6.45, 7) is 4.36. The van der Waals surface area contributed by atoms with Crippen molar-refractivity contribution in [2.24, 2.45) is 0 Å². The average molecular weight is 251 g/mol. The maximum Gasteiger partial charge on any atom is 0.0707 e. The van der Waals surface area contributed by atoms with E-state index in [0.29, 0.717) is 0 Å². The lowest BCUT2D eigenvalue weighted by molar-refractivity contribution is 0.716. The molecule has 0 N–H and O–H groups in total. The summed E-state index contributed by atoms with van der Waals surface area (Å²) >= 11 is 0. The number of benzene rings is 1. The first-order valence-corrected chi connectivity index (χ1v) is 7.28. The van der Waals surface area contributed by atoms with Gasteiger partial charge in [-0.25, -0.2) is 0 Å². The Morgan fingerprint density at radius 1 is 1.00 bits per heavy atom. The topological polar surface area (TPSA) is 12.9 Å². The van der Waals surface area contributed by atoms with Crippen molar-refractivity contribution in [2.75, 3.05) is 0 Å². The minimum Gasteiger partial charge on any atom is -0.256 e. The lowest BCUT2D eigenvalue weighted by atomic mass is 9.92. The molecule has 1 heteroatoms. The molecule has 1 aliphatic carbocycles. The summed E-state index contributed by atoms with van der Waals surface area (Å²) in [6, 6.07) is 10.8. The Hall–Kier alpha value is -1.63. The minimum atomic E-state index is 0.755. The summed E-state index contributed by atoms with van der Waals surface area (Å²) in [5.74, 6) is 0.755. The van der Waals surface area contributed by atoms with Crippen LogP contribution in [-0.2, 0) is 0 Å². The lowest BCUT2D eigenvalue weighted by Crippen LogP contribution is -1.98. The molecule has 1 nitrogen and oxygen atoms in total. The van der Waals surface area contributed by atoms with Crippen LogP contribution in [0.2, 0.25) is 0 Å². The third-order valence-electron chi connectivity index (χ3n) is 4.36. The van der Waals surface area contributed by atoms with Crippen molar-refractivity contribution in [1.29, 1.82) is 0 Å². The molecule has 0 atom stereocenters. The van der Waals surface area contributed by atoms with Gasteiger partial charge in [0.05, 0.1) is 5.69 Å². The van der Waals surface area contributed by atoms with E-state index in [9.17, 15) is 0 Å². The normalized spacial score (nSPS) is 15.9. The fraction of sp³-hybridized carbons (Fsp3) is 0.389. The molecular formula is C18H21N. The van der Waals surface area contributed by atoms with E-state index >= 15 is 0 Å². The molecule has 1 aromatic heterocycles. The van der Waals surface area contributed by atoms with Crippen molar-refractivity contribution in [3.8, 4) is 11.3 Å². The van der Waals surface area contributed by atoms with Crippen molar-refractivity contribution in [1.82, 2.24) is 4.98 Å². The van der Waals surface area contributed by atoms with Crippen LogP contribution in [0.15, 0.2) is 36.5 Å². The number of hydrogen-bond acceptors (Lipinski definition) is 1. The molecule has 3 rings (SSSR count). The molecular weight excluding hydrogens is 230 g/mol. The number of aromatic nitrogens is 1. The van der Waals surface area contributed by atoms with Crippen LogP contribution in [0.25, 0.3) is 11.3 Å². The third-order valence-corrected chi connectivity index (χ3v) is 4.36. The van der Waals surface area contributed by atoms with E-state index in [-0.39, 0.29) is 0 Å². The summed E-state index contributed by atoms with van der Waals surface area (Å²) in [4.78, 5) is 4.64. The molecule has 0 bridgehead atoms. The van der Waals surface area contributed by atoms with Crippen LogP contribution in [-0.4, -0.2) is 4.98 Å². The van der Waals surface area contributed by atoms with Crippen molar-refractivity contribution < 1.29 is 0 Å². The van der Waals surface area contributed by atoms with Gasteiger partial charge in [0, 0.05) is 11.8 Å². The molecule has 0 unspecified atom stereocenters. The van der Waals surface area contributed by atoms with E-state index in [1.165, 1.54) is 47.9 Å². The van der Waals surface area contributed by atoms with Crippen LogP contribution in [0.4, 0.5) is 0 Å². The van der Waals surface area contributed by atoms with Crippen LogP contribution < -0.4 is 0 Å². The quantitative estimate of drug-likeness (QED) is 0.730. The van der Waals surface area contributed by atoms with Crippen LogP contribution in [0.3, 0.4) is 0 Å². The van der Waals surface area contributed by atoms with Crippen LogP contribution >= 0.6 is 0 Å². The van der Waals surface area contributed by atoms with E-state index in [1.807, 2.05) is 0 Å². The summed E-state index contributed by atoms with van der Waals surface area (Å²) in [6.07, 6.45) is 7.50. The van der Waals surface area contributed by atoms with Gasteiger partial charge in [0.2, 0.25) is 0 Å². The zero-order chi connectivity index (χ0) is 13.2. The van der Waals surface area contributed by atoms with Crippen molar-refractivity contribution in [3.05, 3.63) is 53.2 Å². The van der Waals surface area contributed by atoms with Gasteiger partial charge in [-0.2, -0.15) is 0 Å². The molecule has 1 saturated carbocycles. The second kappa shape index (κ2) is 5.16. The highest BCUT2D eigenvalue weighted by Crippen LogP contribution is 2.37. The van der Waals surface area contributed by atoms with E-state index in [4.69, 9.17) is 0 Å². The van der Waals surface area contributed by atoms with Crippen molar-refractivity contribution in [2.45, 2.75) is 45.4 Å². The van der Waals surface area contributed by atoms with Crippen LogP contribution in [0, 0.1) is 13.8 Å². The molecule has 1 heterocycles. The Bertz CT molecular complexity index is 580. The van der Waals surface area contributed by atoms with Gasteiger partial charge < -0.3 is 0 Å². The number of aryl methyl sites for hydroxylation is 2. The highest BCUT2D eigenvalue weighted by atomic mass is 14.7. The van der Waals surface area contributed by atoms with Gasteiger partial charge in [-0.3, -0.25) is 4.98 Å². The second-order valence-corrected chi connectivity index (χ2v) is 5.72. The van der Waals surface area contributed by atoms with Gasteiger partial charge in [-0.15, -0.1) is 0 Å². The summed E-state index contributed by atoms with van der Waals surface area (Å²) in [7, 11) is 0. The molecule has 0 aliphatic heterocycles. The Morgan fingerprint density at radius 2 is 1.74 bits per heavy atom.